The summed E-state index contributed by atoms with van der Waals surface area (Å²) in [7, 11) is 4.24. The number of carbonyl (C=O) groups is 1. The number of hydrogen-bond acceptors (Lipinski definition) is 4. The van der Waals surface area contributed by atoms with Gasteiger partial charge in [-0.2, -0.15) is 13.2 Å². The van der Waals surface area contributed by atoms with Crippen molar-refractivity contribution in [3.8, 4) is 0 Å². The molecule has 1 fully saturated rings. The number of aliphatic carboxylic acids is 1. The standard InChI is InChI=1S/C14H26N4.C2HF3O2/c1-11(2)13-10-18(9-8-17(3)4)14(16-13)12-6-5-7-15-12;3-2(4,5)1(6)7/h10-12,15H,5-9H2,1-4H3;(H,6,7)/t12-;/m0./s1. The molecule has 1 aliphatic rings. The minimum Gasteiger partial charge on any atom is -0.475 e. The summed E-state index contributed by atoms with van der Waals surface area (Å²) in [5.41, 5.74) is 1.22. The van der Waals surface area contributed by atoms with Crippen LogP contribution in [0.4, 0.5) is 13.2 Å². The smallest absolute Gasteiger partial charge is 0.475 e. The van der Waals surface area contributed by atoms with Gasteiger partial charge in [0, 0.05) is 19.3 Å². The van der Waals surface area contributed by atoms with Crippen LogP contribution in [0.25, 0.3) is 0 Å². The van der Waals surface area contributed by atoms with E-state index in [4.69, 9.17) is 14.9 Å². The van der Waals surface area contributed by atoms with Crippen LogP contribution >= 0.6 is 0 Å². The van der Waals surface area contributed by atoms with Crippen LogP contribution in [0.1, 0.15) is 50.2 Å². The summed E-state index contributed by atoms with van der Waals surface area (Å²) in [4.78, 5) is 16.0. The first-order chi connectivity index (χ1) is 11.5. The zero-order valence-electron chi connectivity index (χ0n) is 15.1. The number of imidazole rings is 1. The Morgan fingerprint density at radius 2 is 2.08 bits per heavy atom. The third-order valence-corrected chi connectivity index (χ3v) is 3.82. The average molecular weight is 364 g/mol. The summed E-state index contributed by atoms with van der Waals surface area (Å²) < 4.78 is 34.1. The summed E-state index contributed by atoms with van der Waals surface area (Å²) in [6.07, 6.45) is -0.359. The summed E-state index contributed by atoms with van der Waals surface area (Å²) >= 11 is 0. The number of halogens is 3. The van der Waals surface area contributed by atoms with Crippen LogP contribution in [0, 0.1) is 0 Å². The number of rotatable bonds is 5. The molecule has 0 unspecified atom stereocenters. The van der Waals surface area contributed by atoms with Gasteiger partial charge in [-0.3, -0.25) is 0 Å². The highest BCUT2D eigenvalue weighted by atomic mass is 19.4. The van der Waals surface area contributed by atoms with Gasteiger partial charge in [0.05, 0.1) is 11.7 Å². The zero-order chi connectivity index (χ0) is 19.2. The summed E-state index contributed by atoms with van der Waals surface area (Å²) in [6.45, 7) is 7.64. The summed E-state index contributed by atoms with van der Waals surface area (Å²) in [6, 6.07) is 0.458. The third kappa shape index (κ3) is 7.03. The number of aromatic nitrogens is 2. The molecule has 9 heteroatoms. The lowest BCUT2D eigenvalue weighted by Crippen LogP contribution is -2.22. The maximum absolute atomic E-state index is 10.6. The van der Waals surface area contributed by atoms with E-state index in [0.717, 1.165) is 19.6 Å². The van der Waals surface area contributed by atoms with Gasteiger partial charge in [-0.1, -0.05) is 13.8 Å². The summed E-state index contributed by atoms with van der Waals surface area (Å²) in [5, 5.41) is 10.7. The molecule has 25 heavy (non-hydrogen) atoms. The summed E-state index contributed by atoms with van der Waals surface area (Å²) in [5.74, 6) is -1.02. The van der Waals surface area contributed by atoms with Crippen LogP contribution in [-0.4, -0.2) is 58.9 Å². The Balaban J connectivity index is 0.000000381. The molecule has 1 saturated heterocycles. The van der Waals surface area contributed by atoms with Crippen molar-refractivity contribution in [2.24, 2.45) is 0 Å². The number of hydrogen-bond donors (Lipinski definition) is 2. The van der Waals surface area contributed by atoms with Crippen LogP contribution < -0.4 is 5.32 Å². The van der Waals surface area contributed by atoms with Crippen molar-refractivity contribution in [2.45, 2.75) is 51.4 Å². The molecule has 2 heterocycles. The van der Waals surface area contributed by atoms with E-state index in [2.05, 4.69) is 48.9 Å². The quantitative estimate of drug-likeness (QED) is 0.841. The lowest BCUT2D eigenvalue weighted by Gasteiger charge is -2.15. The van der Waals surface area contributed by atoms with Crippen LogP contribution in [0.15, 0.2) is 6.20 Å². The molecule has 0 bridgehead atoms. The minimum atomic E-state index is -5.08. The van der Waals surface area contributed by atoms with Gasteiger partial charge >= 0.3 is 12.1 Å². The van der Waals surface area contributed by atoms with E-state index in [1.165, 1.54) is 24.4 Å². The van der Waals surface area contributed by atoms with Crippen molar-refractivity contribution >= 4 is 5.97 Å². The highest BCUT2D eigenvalue weighted by Crippen LogP contribution is 2.24. The van der Waals surface area contributed by atoms with Gasteiger partial charge in [0.1, 0.15) is 5.82 Å². The highest BCUT2D eigenvalue weighted by Gasteiger charge is 2.38. The van der Waals surface area contributed by atoms with Crippen LogP contribution in [0.3, 0.4) is 0 Å². The second kappa shape index (κ2) is 9.19. The van der Waals surface area contributed by atoms with E-state index in [1.807, 2.05) is 0 Å². The van der Waals surface area contributed by atoms with Gasteiger partial charge < -0.3 is 19.9 Å². The fourth-order valence-corrected chi connectivity index (χ4v) is 2.40. The predicted molar refractivity (Wildman–Crippen MR) is 88.5 cm³/mol. The number of carboxylic acids is 1. The molecule has 0 aromatic carbocycles. The molecule has 0 saturated carbocycles. The SMILES string of the molecule is CC(C)c1cn(CCN(C)C)c([C@@H]2CCCN2)n1.O=C(O)C(F)(F)F. The second-order valence-electron chi connectivity index (χ2n) is 6.63. The number of nitrogens with zero attached hydrogens (tertiary/aromatic N) is 3. The molecule has 1 atom stereocenters. The van der Waals surface area contributed by atoms with Gasteiger partial charge in [0.15, 0.2) is 0 Å². The molecule has 6 nitrogen and oxygen atoms in total. The van der Waals surface area contributed by atoms with Crippen molar-refractivity contribution in [3.05, 3.63) is 17.7 Å². The molecular formula is C16H27F3N4O2. The minimum absolute atomic E-state index is 0.458. The predicted octanol–water partition coefficient (Wildman–Crippen LogP) is 2.63. The van der Waals surface area contributed by atoms with Gasteiger partial charge in [-0.15, -0.1) is 0 Å². The monoisotopic (exact) mass is 364 g/mol. The third-order valence-electron chi connectivity index (χ3n) is 3.82. The number of likely N-dealkylation sites (N-methyl/N-ethyl adjacent to an activating group) is 1. The van der Waals surface area contributed by atoms with Gasteiger partial charge in [0.2, 0.25) is 0 Å². The number of nitrogens with one attached hydrogen (secondary N) is 1. The Labute approximate surface area is 146 Å². The van der Waals surface area contributed by atoms with Crippen molar-refractivity contribution in [2.75, 3.05) is 27.2 Å². The largest absolute Gasteiger partial charge is 0.490 e. The number of alkyl halides is 3. The van der Waals surface area contributed by atoms with Crippen LogP contribution in [-0.2, 0) is 11.3 Å². The molecule has 0 radical (unpaired) electrons. The number of carboxylic acid groups (broad SMARTS) is 1. The van der Waals surface area contributed by atoms with Crippen LogP contribution in [0.5, 0.6) is 0 Å². The molecule has 1 aromatic rings. The molecule has 0 aliphatic carbocycles. The topological polar surface area (TPSA) is 70.4 Å². The van der Waals surface area contributed by atoms with Crippen molar-refractivity contribution in [1.82, 2.24) is 19.8 Å². The Bertz CT molecular complexity index is 550. The van der Waals surface area contributed by atoms with E-state index in [9.17, 15) is 13.2 Å². The van der Waals surface area contributed by atoms with E-state index in [0.29, 0.717) is 12.0 Å². The van der Waals surface area contributed by atoms with Crippen molar-refractivity contribution in [1.29, 1.82) is 0 Å². The maximum atomic E-state index is 10.6. The van der Waals surface area contributed by atoms with Gasteiger partial charge in [0.25, 0.3) is 0 Å². The molecule has 144 valence electrons. The molecule has 0 amide bonds. The van der Waals surface area contributed by atoms with E-state index in [1.54, 1.807) is 0 Å². The van der Waals surface area contributed by atoms with E-state index >= 15 is 0 Å². The van der Waals surface area contributed by atoms with Crippen molar-refractivity contribution < 1.29 is 23.1 Å². The second-order valence-corrected chi connectivity index (χ2v) is 6.63. The highest BCUT2D eigenvalue weighted by molar-refractivity contribution is 5.73. The fourth-order valence-electron chi connectivity index (χ4n) is 2.40. The first kappa shape index (κ1) is 21.4. The normalized spacial score (nSPS) is 17.7. The Kier molecular flexibility index (Phi) is 7.88. The molecule has 0 spiro atoms. The first-order valence-electron chi connectivity index (χ1n) is 8.27. The lowest BCUT2D eigenvalue weighted by molar-refractivity contribution is -0.192. The Morgan fingerprint density at radius 1 is 1.48 bits per heavy atom. The molecule has 2 N–H and O–H groups in total. The molecule has 2 rings (SSSR count). The van der Waals surface area contributed by atoms with Gasteiger partial charge in [-0.05, 0) is 39.4 Å². The molecule has 1 aromatic heterocycles. The van der Waals surface area contributed by atoms with E-state index < -0.39 is 12.1 Å². The fraction of sp³-hybridized carbons (Fsp3) is 0.750. The maximum Gasteiger partial charge on any atom is 0.490 e. The van der Waals surface area contributed by atoms with Crippen LogP contribution in [0.2, 0.25) is 0 Å². The zero-order valence-corrected chi connectivity index (χ0v) is 15.1. The van der Waals surface area contributed by atoms with Gasteiger partial charge in [-0.25, -0.2) is 9.78 Å². The lowest BCUT2D eigenvalue weighted by atomic mass is 10.1. The molecule has 1 aliphatic heterocycles. The average Bonchev–Trinajstić information content (AvgIpc) is 3.13. The van der Waals surface area contributed by atoms with E-state index in [-0.39, 0.29) is 0 Å². The Hall–Kier alpha value is -1.61. The first-order valence-corrected chi connectivity index (χ1v) is 8.27. The Morgan fingerprint density at radius 3 is 2.48 bits per heavy atom. The van der Waals surface area contributed by atoms with Crippen molar-refractivity contribution in [3.63, 3.8) is 0 Å². The molecular weight excluding hydrogens is 337 g/mol.